The number of rotatable bonds is 7. The maximum absolute atomic E-state index is 12.2. The first-order valence-electron chi connectivity index (χ1n) is 8.48. The number of likely N-dealkylation sites (N-methyl/N-ethyl adjacent to an activating group) is 1. The van der Waals surface area contributed by atoms with Crippen molar-refractivity contribution in [3.05, 3.63) is 35.9 Å². The lowest BCUT2D eigenvalue weighted by atomic mass is 10.1. The molecule has 26 heavy (non-hydrogen) atoms. The van der Waals surface area contributed by atoms with Crippen LogP contribution in [0.4, 0.5) is 4.79 Å². The van der Waals surface area contributed by atoms with E-state index in [4.69, 9.17) is 9.47 Å². The number of nitrogens with one attached hydrogen (secondary N) is 1. The number of hydrogen-bond donors (Lipinski definition) is 1. The fraction of sp³-hybridized carbons (Fsp3) is 0.526. The van der Waals surface area contributed by atoms with Crippen LogP contribution >= 0.6 is 0 Å². The summed E-state index contributed by atoms with van der Waals surface area (Å²) < 4.78 is 10.0. The van der Waals surface area contributed by atoms with Crippen molar-refractivity contribution >= 4 is 18.0 Å². The molecule has 0 aromatic heterocycles. The molecule has 0 saturated heterocycles. The van der Waals surface area contributed by atoms with Gasteiger partial charge in [-0.05, 0) is 32.8 Å². The molecule has 0 aliphatic carbocycles. The molecule has 0 saturated carbocycles. The lowest BCUT2D eigenvalue weighted by Crippen LogP contribution is -2.45. The van der Waals surface area contributed by atoms with Gasteiger partial charge in [0.1, 0.15) is 11.6 Å². The van der Waals surface area contributed by atoms with E-state index in [1.165, 1.54) is 19.1 Å². The Labute approximate surface area is 154 Å². The lowest BCUT2D eigenvalue weighted by molar-refractivity contribution is -0.146. The summed E-state index contributed by atoms with van der Waals surface area (Å²) in [4.78, 5) is 37.4. The zero-order valence-electron chi connectivity index (χ0n) is 16.1. The van der Waals surface area contributed by atoms with Gasteiger partial charge in [0.15, 0.2) is 0 Å². The average Bonchev–Trinajstić information content (AvgIpc) is 2.59. The number of amides is 2. The Hall–Kier alpha value is -2.57. The number of methoxy groups -OCH3 is 1. The van der Waals surface area contributed by atoms with E-state index in [0.29, 0.717) is 6.54 Å². The van der Waals surface area contributed by atoms with Crippen molar-refractivity contribution in [2.75, 3.05) is 14.2 Å². The second-order valence-corrected chi connectivity index (χ2v) is 6.93. The Morgan fingerprint density at radius 2 is 1.77 bits per heavy atom. The van der Waals surface area contributed by atoms with Gasteiger partial charge in [0.2, 0.25) is 5.91 Å². The van der Waals surface area contributed by atoms with E-state index in [9.17, 15) is 14.4 Å². The van der Waals surface area contributed by atoms with Gasteiger partial charge in [-0.15, -0.1) is 0 Å². The molecular formula is C19H28N2O5. The van der Waals surface area contributed by atoms with E-state index < -0.39 is 23.7 Å². The Kier molecular flexibility index (Phi) is 8.09. The summed E-state index contributed by atoms with van der Waals surface area (Å²) in [5.41, 5.74) is 0.301. The second kappa shape index (κ2) is 9.79. The largest absolute Gasteiger partial charge is 0.467 e. The van der Waals surface area contributed by atoms with Crippen molar-refractivity contribution in [3.63, 3.8) is 0 Å². The maximum Gasteiger partial charge on any atom is 0.410 e. The van der Waals surface area contributed by atoms with Gasteiger partial charge in [-0.25, -0.2) is 9.59 Å². The van der Waals surface area contributed by atoms with Gasteiger partial charge in [-0.3, -0.25) is 9.69 Å². The molecule has 0 radical (unpaired) electrons. The number of benzene rings is 1. The number of esters is 1. The van der Waals surface area contributed by atoms with E-state index in [1.807, 2.05) is 30.3 Å². The van der Waals surface area contributed by atoms with Crippen LogP contribution in [-0.4, -0.2) is 48.7 Å². The molecule has 1 aromatic rings. The van der Waals surface area contributed by atoms with E-state index in [2.05, 4.69) is 5.32 Å². The summed E-state index contributed by atoms with van der Waals surface area (Å²) in [5.74, 6) is -0.797. The van der Waals surface area contributed by atoms with Crippen molar-refractivity contribution in [1.82, 2.24) is 10.2 Å². The molecule has 0 aliphatic heterocycles. The second-order valence-electron chi connectivity index (χ2n) is 6.93. The van der Waals surface area contributed by atoms with Gasteiger partial charge in [-0.1, -0.05) is 30.3 Å². The minimum Gasteiger partial charge on any atom is -0.467 e. The topological polar surface area (TPSA) is 84.9 Å². The van der Waals surface area contributed by atoms with Crippen LogP contribution < -0.4 is 5.32 Å². The molecule has 1 aromatic carbocycles. The van der Waals surface area contributed by atoms with Crippen LogP contribution in [0.5, 0.6) is 0 Å². The zero-order valence-corrected chi connectivity index (χ0v) is 16.1. The molecule has 1 rings (SSSR count). The van der Waals surface area contributed by atoms with Gasteiger partial charge in [0, 0.05) is 20.0 Å². The van der Waals surface area contributed by atoms with E-state index in [-0.39, 0.29) is 18.7 Å². The highest BCUT2D eigenvalue weighted by atomic mass is 16.6. The smallest absolute Gasteiger partial charge is 0.410 e. The fourth-order valence-corrected chi connectivity index (χ4v) is 2.22. The summed E-state index contributed by atoms with van der Waals surface area (Å²) in [6, 6.07) is 8.62. The first-order valence-corrected chi connectivity index (χ1v) is 8.48. The predicted molar refractivity (Wildman–Crippen MR) is 97.3 cm³/mol. The van der Waals surface area contributed by atoms with Gasteiger partial charge in [0.05, 0.1) is 7.11 Å². The van der Waals surface area contributed by atoms with Gasteiger partial charge < -0.3 is 14.8 Å². The lowest BCUT2D eigenvalue weighted by Gasteiger charge is -2.29. The molecule has 0 heterocycles. The van der Waals surface area contributed by atoms with Crippen molar-refractivity contribution in [3.8, 4) is 0 Å². The van der Waals surface area contributed by atoms with Crippen LogP contribution in [-0.2, 0) is 25.6 Å². The van der Waals surface area contributed by atoms with Crippen LogP contribution in [0.2, 0.25) is 0 Å². The van der Waals surface area contributed by atoms with Crippen molar-refractivity contribution < 1.29 is 23.9 Å². The number of hydrogen-bond acceptors (Lipinski definition) is 5. The molecule has 7 heteroatoms. The summed E-state index contributed by atoms with van der Waals surface area (Å²) in [6.45, 7) is 5.62. The van der Waals surface area contributed by atoms with Crippen LogP contribution in [0.3, 0.4) is 0 Å². The van der Waals surface area contributed by atoms with Crippen LogP contribution in [0.25, 0.3) is 0 Å². The maximum atomic E-state index is 12.2. The quantitative estimate of drug-likeness (QED) is 0.752. The highest BCUT2D eigenvalue weighted by molar-refractivity contribution is 5.82. The highest BCUT2D eigenvalue weighted by Crippen LogP contribution is 2.14. The molecule has 0 spiro atoms. The Morgan fingerprint density at radius 1 is 1.15 bits per heavy atom. The third kappa shape index (κ3) is 7.55. The van der Waals surface area contributed by atoms with Crippen LogP contribution in [0, 0.1) is 0 Å². The number of carbonyl (C=O) groups is 3. The number of carbonyl (C=O) groups excluding carboxylic acids is 3. The summed E-state index contributed by atoms with van der Waals surface area (Å²) in [7, 11) is 2.70. The van der Waals surface area contributed by atoms with Crippen molar-refractivity contribution in [1.29, 1.82) is 0 Å². The third-order valence-corrected chi connectivity index (χ3v) is 3.60. The molecule has 1 N–H and O–H groups in total. The Balaban J connectivity index is 2.60. The summed E-state index contributed by atoms with van der Waals surface area (Å²) >= 11 is 0. The molecule has 0 aliphatic rings. The minimum absolute atomic E-state index is 0.0831. The van der Waals surface area contributed by atoms with E-state index in [0.717, 1.165) is 5.56 Å². The van der Waals surface area contributed by atoms with Gasteiger partial charge >= 0.3 is 12.1 Å². The molecule has 2 amide bonds. The number of nitrogens with zero attached hydrogens (tertiary/aromatic N) is 1. The Morgan fingerprint density at radius 3 is 2.31 bits per heavy atom. The first-order chi connectivity index (χ1) is 12.1. The molecule has 1 atom stereocenters. The molecule has 0 fully saturated rings. The van der Waals surface area contributed by atoms with Crippen molar-refractivity contribution in [2.24, 2.45) is 0 Å². The standard InChI is InChI=1S/C19H28N2O5/c1-19(2,3)26-18(24)21(4)15(17(23)25-5)11-12-16(22)20-13-14-9-7-6-8-10-14/h6-10,15H,11-13H2,1-5H3,(H,20,22)/t15-/m0/s1. The molecule has 7 nitrogen and oxygen atoms in total. The molecular weight excluding hydrogens is 336 g/mol. The normalized spacial score (nSPS) is 12.0. The minimum atomic E-state index is -0.891. The third-order valence-electron chi connectivity index (χ3n) is 3.60. The van der Waals surface area contributed by atoms with E-state index >= 15 is 0 Å². The zero-order chi connectivity index (χ0) is 19.7. The first kappa shape index (κ1) is 21.5. The van der Waals surface area contributed by atoms with Crippen molar-refractivity contribution in [2.45, 2.75) is 51.8 Å². The van der Waals surface area contributed by atoms with Crippen LogP contribution in [0.1, 0.15) is 39.2 Å². The van der Waals surface area contributed by atoms with Gasteiger partial charge in [0.25, 0.3) is 0 Å². The average molecular weight is 364 g/mol. The summed E-state index contributed by atoms with van der Waals surface area (Å²) in [6.07, 6.45) is -0.416. The van der Waals surface area contributed by atoms with Crippen LogP contribution in [0.15, 0.2) is 30.3 Å². The Bertz CT molecular complexity index is 610. The highest BCUT2D eigenvalue weighted by Gasteiger charge is 2.31. The molecule has 144 valence electrons. The molecule has 0 unspecified atom stereocenters. The predicted octanol–water partition coefficient (Wildman–Crippen LogP) is 2.49. The fourth-order valence-electron chi connectivity index (χ4n) is 2.22. The number of ether oxygens (including phenoxy) is 2. The van der Waals surface area contributed by atoms with E-state index in [1.54, 1.807) is 20.8 Å². The SMILES string of the molecule is COC(=O)[C@H](CCC(=O)NCc1ccccc1)N(C)C(=O)OC(C)(C)C. The summed E-state index contributed by atoms with van der Waals surface area (Å²) in [5, 5.41) is 2.79. The molecule has 0 bridgehead atoms. The monoisotopic (exact) mass is 364 g/mol. The van der Waals surface area contributed by atoms with Gasteiger partial charge in [-0.2, -0.15) is 0 Å².